The van der Waals surface area contributed by atoms with Gasteiger partial charge in [0, 0.05) is 29.8 Å². The van der Waals surface area contributed by atoms with E-state index in [2.05, 4.69) is 15.5 Å². The lowest BCUT2D eigenvalue weighted by molar-refractivity contribution is -0.384. The van der Waals surface area contributed by atoms with E-state index in [-0.39, 0.29) is 35.8 Å². The van der Waals surface area contributed by atoms with Crippen LogP contribution in [0.1, 0.15) is 39.1 Å². The summed E-state index contributed by atoms with van der Waals surface area (Å²) in [6.07, 6.45) is 0.555. The van der Waals surface area contributed by atoms with Gasteiger partial charge in [-0.25, -0.2) is 5.01 Å². The lowest BCUT2D eigenvalue weighted by atomic mass is 10.0. The first-order valence-electron chi connectivity index (χ1n) is 14.7. The van der Waals surface area contributed by atoms with Crippen molar-refractivity contribution in [3.8, 4) is 17.2 Å². The van der Waals surface area contributed by atoms with Gasteiger partial charge in [-0.15, -0.1) is 21.5 Å². The maximum absolute atomic E-state index is 13.8. The fraction of sp³-hybridized carbons (Fsp3) is 0.182. The number of nitrogens with one attached hydrogen (secondary N) is 1. The molecule has 0 aliphatic carbocycles. The molecule has 6 rings (SSSR count). The topological polar surface area (TPSA) is 154 Å². The van der Waals surface area contributed by atoms with Crippen LogP contribution >= 0.6 is 23.1 Å². The van der Waals surface area contributed by atoms with Crippen molar-refractivity contribution in [1.29, 1.82) is 0 Å². The quantitative estimate of drug-likeness (QED) is 0.0998. The lowest BCUT2D eigenvalue weighted by Crippen LogP contribution is -2.28. The van der Waals surface area contributed by atoms with Crippen LogP contribution in [0.2, 0.25) is 0 Å². The zero-order chi connectivity index (χ0) is 33.6. The molecule has 0 radical (unpaired) electrons. The van der Waals surface area contributed by atoms with Crippen LogP contribution in [0.5, 0.6) is 11.5 Å². The fourth-order valence-corrected chi connectivity index (χ4v) is 6.67. The molecular weight excluding hydrogens is 655 g/mol. The number of benzene rings is 3. The molecule has 0 bridgehead atoms. The molecule has 1 atom stereocenters. The number of hydrogen-bond acceptors (Lipinski definition) is 11. The highest BCUT2D eigenvalue weighted by molar-refractivity contribution is 7.99. The van der Waals surface area contributed by atoms with E-state index < -0.39 is 4.92 Å². The van der Waals surface area contributed by atoms with Gasteiger partial charge in [0.1, 0.15) is 11.5 Å². The average molecular weight is 684 g/mol. The Morgan fingerprint density at radius 1 is 1.00 bits per heavy atom. The van der Waals surface area contributed by atoms with E-state index in [9.17, 15) is 19.7 Å². The summed E-state index contributed by atoms with van der Waals surface area (Å²) in [6.45, 7) is -0.00528. The largest absolute Gasteiger partial charge is 0.497 e. The molecular formula is C33H29N7O6S2. The van der Waals surface area contributed by atoms with Gasteiger partial charge in [0.05, 0.1) is 48.1 Å². The van der Waals surface area contributed by atoms with Crippen molar-refractivity contribution >= 4 is 46.3 Å². The molecule has 5 aromatic rings. The summed E-state index contributed by atoms with van der Waals surface area (Å²) in [5, 5.41) is 31.4. The van der Waals surface area contributed by atoms with Crippen LogP contribution in [0, 0.1) is 10.1 Å². The molecule has 15 heteroatoms. The zero-order valence-electron chi connectivity index (χ0n) is 25.8. The number of thioether (sulfide) groups is 1. The predicted octanol–water partition coefficient (Wildman–Crippen LogP) is 5.65. The molecule has 1 aliphatic rings. The molecule has 3 aromatic carbocycles. The van der Waals surface area contributed by atoms with Gasteiger partial charge in [0.2, 0.25) is 0 Å². The van der Waals surface area contributed by atoms with E-state index in [4.69, 9.17) is 14.6 Å². The summed E-state index contributed by atoms with van der Waals surface area (Å²) in [5.74, 6) is 1.01. The number of hydrazone groups is 1. The Kier molecular flexibility index (Phi) is 9.78. The molecule has 2 amide bonds. The maximum Gasteiger partial charge on any atom is 0.269 e. The summed E-state index contributed by atoms with van der Waals surface area (Å²) >= 11 is 2.72. The highest BCUT2D eigenvalue weighted by atomic mass is 32.2. The van der Waals surface area contributed by atoms with E-state index in [1.807, 2.05) is 41.8 Å². The number of methoxy groups -OCH3 is 2. The summed E-state index contributed by atoms with van der Waals surface area (Å²) in [7, 11) is 3.12. The minimum atomic E-state index is -0.486. The number of carbonyl (C=O) groups excluding carboxylic acids is 2. The molecule has 0 fully saturated rings. The van der Waals surface area contributed by atoms with Crippen LogP contribution in [0.4, 0.5) is 5.69 Å². The molecule has 13 nitrogen and oxygen atoms in total. The maximum atomic E-state index is 13.8. The Balaban J connectivity index is 1.25. The molecule has 3 heterocycles. The Labute approximate surface area is 283 Å². The minimum absolute atomic E-state index is 0.00528. The molecule has 1 aliphatic heterocycles. The Hall–Kier alpha value is -5.54. The second-order valence-corrected chi connectivity index (χ2v) is 12.4. The number of non-ortho nitro benzene ring substituents is 1. The van der Waals surface area contributed by atoms with Gasteiger partial charge >= 0.3 is 0 Å². The number of carbonyl (C=O) groups is 2. The normalized spacial score (nSPS) is 14.0. The van der Waals surface area contributed by atoms with Crippen molar-refractivity contribution in [2.75, 3.05) is 20.0 Å². The van der Waals surface area contributed by atoms with Crippen molar-refractivity contribution in [3.05, 3.63) is 122 Å². The van der Waals surface area contributed by atoms with Crippen molar-refractivity contribution in [1.82, 2.24) is 25.1 Å². The molecule has 48 heavy (non-hydrogen) atoms. The van der Waals surface area contributed by atoms with E-state index in [1.165, 1.54) is 24.3 Å². The first-order chi connectivity index (χ1) is 23.3. The number of nitro benzene ring substituents is 1. The van der Waals surface area contributed by atoms with Gasteiger partial charge < -0.3 is 14.8 Å². The molecule has 2 aromatic heterocycles. The number of hydrogen-bond donors (Lipinski definition) is 1. The highest BCUT2D eigenvalue weighted by Crippen LogP contribution is 2.35. The van der Waals surface area contributed by atoms with Crippen LogP contribution in [0.3, 0.4) is 0 Å². The average Bonchev–Trinajstić information content (AvgIpc) is 3.90. The third-order valence-electron chi connectivity index (χ3n) is 7.55. The number of nitro groups is 1. The first kappa shape index (κ1) is 32.4. The van der Waals surface area contributed by atoms with E-state index >= 15 is 0 Å². The van der Waals surface area contributed by atoms with Crippen molar-refractivity contribution in [2.45, 2.75) is 24.2 Å². The molecule has 0 saturated carbocycles. The van der Waals surface area contributed by atoms with Gasteiger partial charge in [-0.3, -0.25) is 24.3 Å². The van der Waals surface area contributed by atoms with Gasteiger partial charge in [-0.1, -0.05) is 36.0 Å². The molecule has 0 saturated heterocycles. The fourth-order valence-electron chi connectivity index (χ4n) is 5.13. The summed E-state index contributed by atoms with van der Waals surface area (Å²) in [4.78, 5) is 38.6. The molecule has 0 spiro atoms. The number of aromatic nitrogens is 3. The van der Waals surface area contributed by atoms with Crippen LogP contribution in [0.15, 0.2) is 101 Å². The summed E-state index contributed by atoms with van der Waals surface area (Å²) < 4.78 is 12.2. The Morgan fingerprint density at radius 3 is 2.46 bits per heavy atom. The van der Waals surface area contributed by atoms with E-state index in [0.29, 0.717) is 40.2 Å². The number of ether oxygens (including phenoxy) is 2. The number of amides is 2. The van der Waals surface area contributed by atoms with Crippen LogP contribution in [0.25, 0.3) is 5.69 Å². The van der Waals surface area contributed by atoms with E-state index in [1.54, 1.807) is 59.4 Å². The Morgan fingerprint density at radius 2 is 1.77 bits per heavy atom. The summed E-state index contributed by atoms with van der Waals surface area (Å²) in [6, 6.07) is 23.8. The van der Waals surface area contributed by atoms with Crippen LogP contribution in [-0.4, -0.2) is 62.2 Å². The summed E-state index contributed by atoms with van der Waals surface area (Å²) in [5.41, 5.74) is 2.60. The van der Waals surface area contributed by atoms with Gasteiger partial charge in [-0.05, 0) is 59.5 Å². The standard InChI is InChI=1S/C33H29N7O6S2/c1-45-25-14-8-21(9-15-25)28-18-27(29-7-4-16-47-29)37-39(28)31(41)20-48-33-36-35-30(38(33)23-10-12-24(13-11-23)40(43)44)19-34-32(42)22-5-3-6-26(17-22)46-2/h3-17,28H,18-20H2,1-2H3,(H,34,42)/t28-/m0/s1. The van der Waals surface area contributed by atoms with Gasteiger partial charge in [0.25, 0.3) is 17.5 Å². The zero-order valence-corrected chi connectivity index (χ0v) is 27.4. The molecule has 244 valence electrons. The second-order valence-electron chi connectivity index (χ2n) is 10.5. The van der Waals surface area contributed by atoms with Gasteiger partial charge in [-0.2, -0.15) is 5.10 Å². The smallest absolute Gasteiger partial charge is 0.269 e. The SMILES string of the molecule is COc1ccc([C@@H]2CC(c3cccs3)=NN2C(=O)CSc2nnc(CNC(=O)c3cccc(OC)c3)n2-c2ccc([N+](=O)[O-])cc2)cc1. The number of rotatable bonds is 12. The molecule has 1 N–H and O–H groups in total. The molecule has 0 unspecified atom stereocenters. The van der Waals surface area contributed by atoms with E-state index in [0.717, 1.165) is 27.9 Å². The Bertz CT molecular complexity index is 1960. The van der Waals surface area contributed by atoms with Crippen molar-refractivity contribution < 1.29 is 24.0 Å². The third-order valence-corrected chi connectivity index (χ3v) is 9.39. The third kappa shape index (κ3) is 7.06. The predicted molar refractivity (Wildman–Crippen MR) is 181 cm³/mol. The van der Waals surface area contributed by atoms with Crippen molar-refractivity contribution in [3.63, 3.8) is 0 Å². The second kappa shape index (κ2) is 14.5. The lowest BCUT2D eigenvalue weighted by Gasteiger charge is -2.22. The first-order valence-corrected chi connectivity index (χ1v) is 16.5. The van der Waals surface area contributed by atoms with Crippen molar-refractivity contribution in [2.24, 2.45) is 5.10 Å². The van der Waals surface area contributed by atoms with Crippen LogP contribution < -0.4 is 14.8 Å². The highest BCUT2D eigenvalue weighted by Gasteiger charge is 2.34. The number of thiophene rings is 1. The number of nitrogens with zero attached hydrogens (tertiary/aromatic N) is 6. The van der Waals surface area contributed by atoms with Gasteiger partial charge in [0.15, 0.2) is 11.0 Å². The van der Waals surface area contributed by atoms with Crippen LogP contribution in [-0.2, 0) is 11.3 Å². The minimum Gasteiger partial charge on any atom is -0.497 e. The monoisotopic (exact) mass is 683 g/mol.